The van der Waals surface area contributed by atoms with E-state index in [1.165, 1.54) is 0 Å². The zero-order chi connectivity index (χ0) is 11.0. The Kier molecular flexibility index (Phi) is 3.16. The van der Waals surface area contributed by atoms with Crippen molar-refractivity contribution < 1.29 is 14.9 Å². The van der Waals surface area contributed by atoms with E-state index in [9.17, 15) is 10.2 Å². The summed E-state index contributed by atoms with van der Waals surface area (Å²) in [5.74, 6) is 0.978. The topological polar surface area (TPSA) is 74.1 Å². The van der Waals surface area contributed by atoms with Crippen molar-refractivity contribution in [1.82, 2.24) is 5.32 Å². The molecule has 2 saturated heterocycles. The Morgan fingerprint density at radius 3 is 2.87 bits per heavy atom. The number of amidine groups is 1. The molecule has 86 valence electrons. The lowest BCUT2D eigenvalue weighted by Crippen LogP contribution is -2.59. The van der Waals surface area contributed by atoms with Gasteiger partial charge in [-0.1, -0.05) is 0 Å². The minimum atomic E-state index is -0.938. The molecule has 0 aromatic heterocycles. The molecule has 0 aromatic carbocycles. The van der Waals surface area contributed by atoms with E-state index in [1.54, 1.807) is 7.05 Å². The molecule has 2 rings (SSSR count). The number of nitrogens with zero attached hydrogens (tertiary/aromatic N) is 1. The van der Waals surface area contributed by atoms with Gasteiger partial charge in [0.1, 0.15) is 12.2 Å². The van der Waals surface area contributed by atoms with Crippen molar-refractivity contribution in [3.63, 3.8) is 0 Å². The SMILES string of the molecule is CN=C1C[C@H]2O[C@H](CCl)[C@@H](O)[C@H](O)[C@H]2N1. The van der Waals surface area contributed by atoms with Gasteiger partial charge in [0.25, 0.3) is 0 Å². The van der Waals surface area contributed by atoms with Crippen LogP contribution in [0, 0.1) is 0 Å². The minimum Gasteiger partial charge on any atom is -0.388 e. The summed E-state index contributed by atoms with van der Waals surface area (Å²) < 4.78 is 5.59. The van der Waals surface area contributed by atoms with Gasteiger partial charge in [-0.3, -0.25) is 4.99 Å². The fraction of sp³-hybridized carbons (Fsp3) is 0.889. The monoisotopic (exact) mass is 234 g/mol. The summed E-state index contributed by atoms with van der Waals surface area (Å²) in [6.45, 7) is 0. The Morgan fingerprint density at radius 1 is 1.53 bits per heavy atom. The Morgan fingerprint density at radius 2 is 2.27 bits per heavy atom. The maximum absolute atomic E-state index is 9.86. The predicted molar refractivity (Wildman–Crippen MR) is 56.3 cm³/mol. The van der Waals surface area contributed by atoms with Gasteiger partial charge < -0.3 is 20.3 Å². The summed E-state index contributed by atoms with van der Waals surface area (Å²) in [6.07, 6.45) is -1.80. The lowest BCUT2D eigenvalue weighted by molar-refractivity contribution is -0.166. The second kappa shape index (κ2) is 4.25. The van der Waals surface area contributed by atoms with Crippen LogP contribution in [0.5, 0.6) is 0 Å². The zero-order valence-corrected chi connectivity index (χ0v) is 9.18. The van der Waals surface area contributed by atoms with Crippen molar-refractivity contribution in [3.05, 3.63) is 0 Å². The van der Waals surface area contributed by atoms with E-state index in [0.717, 1.165) is 5.84 Å². The fourth-order valence-electron chi connectivity index (χ4n) is 2.12. The van der Waals surface area contributed by atoms with E-state index in [-0.39, 0.29) is 18.0 Å². The number of aliphatic imine (C=N–C) groups is 1. The molecule has 0 spiro atoms. The highest BCUT2D eigenvalue weighted by Crippen LogP contribution is 2.27. The van der Waals surface area contributed by atoms with Gasteiger partial charge >= 0.3 is 0 Å². The fourth-order valence-corrected chi connectivity index (χ4v) is 2.38. The van der Waals surface area contributed by atoms with E-state index < -0.39 is 18.3 Å². The first-order chi connectivity index (χ1) is 7.17. The quantitative estimate of drug-likeness (QED) is 0.515. The molecule has 0 aliphatic carbocycles. The van der Waals surface area contributed by atoms with Gasteiger partial charge in [-0.05, 0) is 0 Å². The van der Waals surface area contributed by atoms with Gasteiger partial charge in [0.05, 0.1) is 30.0 Å². The Bertz CT molecular complexity index is 274. The van der Waals surface area contributed by atoms with Crippen molar-refractivity contribution >= 4 is 17.4 Å². The highest BCUT2D eigenvalue weighted by Gasteiger charge is 2.47. The normalized spacial score (nSPS) is 47.7. The molecule has 3 N–H and O–H groups in total. The van der Waals surface area contributed by atoms with Crippen LogP contribution in [0.25, 0.3) is 0 Å². The summed E-state index contributed by atoms with van der Waals surface area (Å²) in [5, 5.41) is 22.6. The molecular weight excluding hydrogens is 220 g/mol. The van der Waals surface area contributed by atoms with Crippen molar-refractivity contribution in [2.75, 3.05) is 12.9 Å². The molecule has 2 fully saturated rings. The zero-order valence-electron chi connectivity index (χ0n) is 8.43. The van der Waals surface area contributed by atoms with Crippen molar-refractivity contribution in [1.29, 1.82) is 0 Å². The number of fused-ring (bicyclic) bond motifs is 1. The van der Waals surface area contributed by atoms with E-state index in [4.69, 9.17) is 16.3 Å². The molecule has 5 atom stereocenters. The summed E-state index contributed by atoms with van der Waals surface area (Å²) in [7, 11) is 1.68. The van der Waals surface area contributed by atoms with Gasteiger partial charge in [0.2, 0.25) is 0 Å². The standard InChI is InChI=1S/C9H15ClN2O3/c1-11-6-2-4-7(12-6)9(14)8(13)5(3-10)15-4/h4-5,7-9,13-14H,2-3H2,1H3,(H,11,12)/t4-,5-,7+,8-,9-/m1/s1. The molecule has 6 heteroatoms. The van der Waals surface area contributed by atoms with Gasteiger partial charge in [-0.2, -0.15) is 0 Å². The smallest absolute Gasteiger partial charge is 0.109 e. The third-order valence-corrected chi connectivity index (χ3v) is 3.30. The summed E-state index contributed by atoms with van der Waals surface area (Å²) in [4.78, 5) is 4.02. The average Bonchev–Trinajstić information content (AvgIpc) is 2.66. The number of halogens is 1. The van der Waals surface area contributed by atoms with E-state index in [2.05, 4.69) is 10.3 Å². The maximum atomic E-state index is 9.86. The third kappa shape index (κ3) is 1.85. The molecule has 0 unspecified atom stereocenters. The number of aliphatic hydroxyl groups excluding tert-OH is 2. The van der Waals surface area contributed by atoms with Crippen LogP contribution in [0.3, 0.4) is 0 Å². The van der Waals surface area contributed by atoms with E-state index >= 15 is 0 Å². The summed E-state index contributed by atoms with van der Waals surface area (Å²) in [5.41, 5.74) is 0. The molecule has 2 aliphatic heterocycles. The Hall–Kier alpha value is -0.360. The first kappa shape index (κ1) is 11.1. The Labute approximate surface area is 93.1 Å². The lowest BCUT2D eigenvalue weighted by Gasteiger charge is -2.38. The molecule has 2 aliphatic rings. The lowest BCUT2D eigenvalue weighted by atomic mass is 9.94. The number of rotatable bonds is 1. The van der Waals surface area contributed by atoms with Crippen LogP contribution in [0.2, 0.25) is 0 Å². The van der Waals surface area contributed by atoms with Crippen LogP contribution < -0.4 is 5.32 Å². The largest absolute Gasteiger partial charge is 0.388 e. The van der Waals surface area contributed by atoms with E-state index in [0.29, 0.717) is 6.42 Å². The number of aliphatic hydroxyl groups is 2. The van der Waals surface area contributed by atoms with Crippen LogP contribution in [0.1, 0.15) is 6.42 Å². The predicted octanol–water partition coefficient (Wildman–Crippen LogP) is -0.895. The highest BCUT2D eigenvalue weighted by molar-refractivity contribution is 6.18. The van der Waals surface area contributed by atoms with Gasteiger partial charge in [0, 0.05) is 13.5 Å². The number of hydrogen-bond acceptors (Lipinski definition) is 4. The molecule has 0 saturated carbocycles. The highest BCUT2D eigenvalue weighted by atomic mass is 35.5. The molecule has 0 amide bonds. The number of alkyl halides is 1. The van der Waals surface area contributed by atoms with Crippen LogP contribution in [0.15, 0.2) is 4.99 Å². The number of hydrogen-bond donors (Lipinski definition) is 3. The molecule has 2 heterocycles. The van der Waals surface area contributed by atoms with Crippen LogP contribution >= 0.6 is 11.6 Å². The second-order valence-corrected chi connectivity index (χ2v) is 4.20. The van der Waals surface area contributed by atoms with Gasteiger partial charge in [-0.25, -0.2) is 0 Å². The molecule has 15 heavy (non-hydrogen) atoms. The Balaban J connectivity index is 2.13. The second-order valence-electron chi connectivity index (χ2n) is 3.89. The van der Waals surface area contributed by atoms with Crippen LogP contribution in [-0.4, -0.2) is 59.4 Å². The minimum absolute atomic E-state index is 0.147. The molecule has 0 radical (unpaired) electrons. The maximum Gasteiger partial charge on any atom is 0.109 e. The van der Waals surface area contributed by atoms with Gasteiger partial charge in [-0.15, -0.1) is 11.6 Å². The number of nitrogens with one attached hydrogen (secondary N) is 1. The summed E-state index contributed by atoms with van der Waals surface area (Å²) in [6, 6.07) is -0.279. The number of ether oxygens (including phenoxy) is 1. The van der Waals surface area contributed by atoms with Crippen molar-refractivity contribution in [2.24, 2.45) is 4.99 Å². The average molecular weight is 235 g/mol. The molecule has 0 bridgehead atoms. The van der Waals surface area contributed by atoms with Crippen LogP contribution in [0.4, 0.5) is 0 Å². The first-order valence-electron chi connectivity index (χ1n) is 4.97. The molecule has 0 aromatic rings. The van der Waals surface area contributed by atoms with Crippen LogP contribution in [-0.2, 0) is 4.74 Å². The summed E-state index contributed by atoms with van der Waals surface area (Å²) >= 11 is 5.65. The van der Waals surface area contributed by atoms with Gasteiger partial charge in [0.15, 0.2) is 0 Å². The molecule has 5 nitrogen and oxygen atoms in total. The van der Waals surface area contributed by atoms with Crippen molar-refractivity contribution in [2.45, 2.75) is 36.9 Å². The third-order valence-electron chi connectivity index (χ3n) is 3.00. The van der Waals surface area contributed by atoms with Crippen molar-refractivity contribution in [3.8, 4) is 0 Å². The molecular formula is C9H15ClN2O3. The van der Waals surface area contributed by atoms with E-state index in [1.807, 2.05) is 0 Å². The first-order valence-corrected chi connectivity index (χ1v) is 5.50.